The number of allylic oxidation sites excluding steroid dienone is 10. The standard InChI is InChI=1S/6C13H10.2C13H12.4C9H8/c6*1-3-7-12-10(5-1)9-11-6-2-4-8-13(11)12;2*1-2-6-12-10(4-1)8-9-11-5-3-7-13(11)12;4*1-2-5-9-7-3-6-8(9)4-1/h6*1-8H,9H2;2*1-6,8-9,11,13H,7H2;4*1-6H,7H2. The molecule has 14 aliphatic rings. The molecule has 0 saturated heterocycles. The highest BCUT2D eigenvalue weighted by Crippen LogP contribution is 2.46. The summed E-state index contributed by atoms with van der Waals surface area (Å²) >= 11 is 0. The van der Waals surface area contributed by atoms with Gasteiger partial charge in [0.05, 0.1) is 0 Å². The average molecular weight is 1800 g/mol. The van der Waals surface area contributed by atoms with E-state index in [4.69, 9.17) is 0 Å². The van der Waals surface area contributed by atoms with Gasteiger partial charge in [-0.15, -0.1) is 0 Å². The fourth-order valence-electron chi connectivity index (χ4n) is 22.1. The highest BCUT2D eigenvalue weighted by atomic mass is 14.3. The third-order valence-corrected chi connectivity index (χ3v) is 29.2. The van der Waals surface area contributed by atoms with Crippen LogP contribution in [0.15, 0.2) is 498 Å². The first-order chi connectivity index (χ1) is 69.5. The lowest BCUT2D eigenvalue weighted by molar-refractivity contribution is 0.633. The van der Waals surface area contributed by atoms with E-state index in [-0.39, 0.29) is 0 Å². The summed E-state index contributed by atoms with van der Waals surface area (Å²) in [6.45, 7) is 0. The van der Waals surface area contributed by atoms with Crippen molar-refractivity contribution in [1.82, 2.24) is 0 Å². The maximum Gasteiger partial charge on any atom is 0.00218 e. The molecule has 32 rings (SSSR count). The van der Waals surface area contributed by atoms with Gasteiger partial charge in [0, 0.05) is 11.8 Å². The first-order valence-electron chi connectivity index (χ1n) is 50.3. The summed E-state index contributed by atoms with van der Waals surface area (Å²) in [4.78, 5) is 0. The quantitative estimate of drug-likeness (QED) is 0.133. The first kappa shape index (κ1) is 90.4. The van der Waals surface area contributed by atoms with E-state index in [0.29, 0.717) is 11.8 Å². The molecule has 4 unspecified atom stereocenters. The van der Waals surface area contributed by atoms with E-state index in [1.165, 1.54) is 213 Å². The Labute approximate surface area is 829 Å². The van der Waals surface area contributed by atoms with Crippen molar-refractivity contribution in [3.63, 3.8) is 0 Å². The van der Waals surface area contributed by atoms with Gasteiger partial charge in [0.1, 0.15) is 0 Å². The SMILES string of the molecule is C1=CC2C=Cc3ccccc3C2C1.C1=CC2C=Cc3ccccc3C2C1.C1=Cc2ccccc2C1.C1=Cc2ccccc2C1.C1=Cc2ccccc2C1.C1=Cc2ccccc2C1.c1ccc2c(c1)Cc1ccccc1-2.c1ccc2c(c1)Cc1ccccc1-2.c1ccc2c(c1)Cc1ccccc1-2.c1ccc2c(c1)Cc1ccccc1-2.c1ccc2c(c1)Cc1ccccc1-2.c1ccc2c(c1)Cc1ccccc1-2. The molecule has 676 valence electrons. The van der Waals surface area contributed by atoms with Crippen LogP contribution in [0.2, 0.25) is 0 Å². The molecule has 0 amide bonds. The Hall–Kier alpha value is -16.1. The largest absolute Gasteiger partial charge is 0.0873 e. The molecule has 18 aromatic rings. The zero-order valence-corrected chi connectivity index (χ0v) is 79.6. The molecular weight excluding hydrogens is 1680 g/mol. The van der Waals surface area contributed by atoms with E-state index in [1.54, 1.807) is 0 Å². The molecule has 0 bridgehead atoms. The summed E-state index contributed by atoms with van der Waals surface area (Å²) in [5.41, 5.74) is 51.8. The van der Waals surface area contributed by atoms with Crippen LogP contribution in [0.25, 0.3) is 103 Å². The molecule has 4 atom stereocenters. The van der Waals surface area contributed by atoms with Crippen LogP contribution in [0.3, 0.4) is 0 Å². The fourth-order valence-corrected chi connectivity index (χ4v) is 22.1. The monoisotopic (exact) mass is 1800 g/mol. The summed E-state index contributed by atoms with van der Waals surface area (Å²) in [6, 6.07) is 155. The molecule has 0 aromatic heterocycles. The molecule has 0 N–H and O–H groups in total. The van der Waals surface area contributed by atoms with Gasteiger partial charge in [-0.2, -0.15) is 0 Å². The number of hydrogen-bond donors (Lipinski definition) is 0. The lowest BCUT2D eigenvalue weighted by atomic mass is 9.81. The molecule has 140 heavy (non-hydrogen) atoms. The predicted molar refractivity (Wildman–Crippen MR) is 596 cm³/mol. The molecule has 0 heterocycles. The van der Waals surface area contributed by atoms with Crippen molar-refractivity contribution in [3.05, 3.63) is 631 Å². The maximum atomic E-state index is 2.33. The Morgan fingerprint density at radius 2 is 0.286 bits per heavy atom. The number of hydrogen-bond acceptors (Lipinski definition) is 0. The summed E-state index contributed by atoms with van der Waals surface area (Å²) in [5.74, 6) is 2.77. The fraction of sp³-hybridized carbons (Fsp3) is 0.114. The second kappa shape index (κ2) is 43.9. The second-order valence-electron chi connectivity index (χ2n) is 37.8. The molecule has 18 aromatic carbocycles. The topological polar surface area (TPSA) is 0 Å². The van der Waals surface area contributed by atoms with E-state index in [2.05, 4.69) is 534 Å². The average Bonchev–Trinajstić information content (AvgIpc) is 1.67. The lowest BCUT2D eigenvalue weighted by Gasteiger charge is -2.23. The van der Waals surface area contributed by atoms with Gasteiger partial charge < -0.3 is 0 Å². The van der Waals surface area contributed by atoms with E-state index in [1.807, 2.05) is 0 Å². The van der Waals surface area contributed by atoms with E-state index < -0.39 is 0 Å². The minimum absolute atomic E-state index is 0.662. The number of fused-ring (bicyclic) bond motifs is 28. The Balaban J connectivity index is 0.0000000909. The van der Waals surface area contributed by atoms with Crippen LogP contribution in [0.5, 0.6) is 0 Å². The zero-order valence-electron chi connectivity index (χ0n) is 79.6. The van der Waals surface area contributed by atoms with Crippen LogP contribution in [0, 0.1) is 11.8 Å². The van der Waals surface area contributed by atoms with Gasteiger partial charge in [-0.05, 0) is 289 Å². The van der Waals surface area contributed by atoms with Crippen molar-refractivity contribution >= 4 is 36.5 Å². The van der Waals surface area contributed by atoms with Crippen LogP contribution < -0.4 is 0 Å². The summed E-state index contributed by atoms with van der Waals surface area (Å²) in [7, 11) is 0. The molecule has 0 aliphatic heterocycles. The van der Waals surface area contributed by atoms with Crippen LogP contribution in [0.4, 0.5) is 0 Å². The van der Waals surface area contributed by atoms with Gasteiger partial charge in [0.15, 0.2) is 0 Å². The molecule has 0 heteroatoms. The Morgan fingerprint density at radius 1 is 0.129 bits per heavy atom. The van der Waals surface area contributed by atoms with Gasteiger partial charge in [-0.3, -0.25) is 0 Å². The minimum atomic E-state index is 0.662. The molecule has 0 radical (unpaired) electrons. The Bertz CT molecular complexity index is 6470. The smallest absolute Gasteiger partial charge is 0.00218 e. The van der Waals surface area contributed by atoms with E-state index >= 15 is 0 Å². The lowest BCUT2D eigenvalue weighted by Crippen LogP contribution is -2.08. The highest BCUT2D eigenvalue weighted by Gasteiger charge is 2.29. The molecule has 0 fully saturated rings. The second-order valence-corrected chi connectivity index (χ2v) is 37.8. The van der Waals surface area contributed by atoms with Crippen molar-refractivity contribution < 1.29 is 0 Å². The summed E-state index contributed by atoms with van der Waals surface area (Å²) in [6.07, 6.45) is 49.5. The van der Waals surface area contributed by atoms with Crippen molar-refractivity contribution in [2.75, 3.05) is 0 Å². The van der Waals surface area contributed by atoms with Crippen molar-refractivity contribution in [2.45, 2.75) is 88.9 Å². The number of rotatable bonds is 0. The van der Waals surface area contributed by atoms with Gasteiger partial charge in [-0.1, -0.05) is 534 Å². The first-order valence-corrected chi connectivity index (χ1v) is 50.3. The third kappa shape index (κ3) is 20.9. The predicted octanol–water partition coefficient (Wildman–Crippen LogP) is 35.3. The minimum Gasteiger partial charge on any atom is -0.0873 e. The van der Waals surface area contributed by atoms with E-state index in [9.17, 15) is 0 Å². The third-order valence-electron chi connectivity index (χ3n) is 29.2. The van der Waals surface area contributed by atoms with Gasteiger partial charge in [-0.25, -0.2) is 0 Å². The Morgan fingerprint density at radius 3 is 0.471 bits per heavy atom. The van der Waals surface area contributed by atoms with Crippen molar-refractivity contribution in [1.29, 1.82) is 0 Å². The van der Waals surface area contributed by atoms with Gasteiger partial charge >= 0.3 is 0 Å². The van der Waals surface area contributed by atoms with Crippen LogP contribution in [-0.2, 0) is 64.2 Å². The maximum absolute atomic E-state index is 2.33. The molecular formula is C140H116. The highest BCUT2D eigenvalue weighted by molar-refractivity contribution is 5.82. The van der Waals surface area contributed by atoms with Crippen LogP contribution >= 0.6 is 0 Å². The zero-order chi connectivity index (χ0) is 93.8. The van der Waals surface area contributed by atoms with Crippen molar-refractivity contribution in [2.24, 2.45) is 11.8 Å². The summed E-state index contributed by atoms with van der Waals surface area (Å²) in [5, 5.41) is 0. The van der Waals surface area contributed by atoms with Gasteiger partial charge in [0.25, 0.3) is 0 Å². The normalized spacial score (nSPS) is 15.7. The van der Waals surface area contributed by atoms with E-state index in [0.717, 1.165) is 76.0 Å². The van der Waals surface area contributed by atoms with Crippen LogP contribution in [-0.4, -0.2) is 0 Å². The molecule has 0 nitrogen and oxygen atoms in total. The molecule has 0 saturated carbocycles. The Kier molecular flexibility index (Phi) is 28.3. The molecule has 0 spiro atoms. The summed E-state index contributed by atoms with van der Waals surface area (Å²) < 4.78 is 0. The molecule has 14 aliphatic carbocycles. The van der Waals surface area contributed by atoms with Gasteiger partial charge in [0.2, 0.25) is 0 Å². The number of benzene rings is 18. The van der Waals surface area contributed by atoms with Crippen molar-refractivity contribution in [3.8, 4) is 66.8 Å². The van der Waals surface area contributed by atoms with Crippen LogP contribution in [0.1, 0.15) is 158 Å².